The maximum absolute atomic E-state index is 11.8. The van der Waals surface area contributed by atoms with Crippen LogP contribution in [0.5, 0.6) is 5.75 Å². The van der Waals surface area contributed by atoms with Crippen molar-refractivity contribution in [3.05, 3.63) is 71.8 Å². The Hall–Kier alpha value is -2.55. The molecule has 0 aliphatic carbocycles. The van der Waals surface area contributed by atoms with E-state index in [9.17, 15) is 4.79 Å². The number of para-hydroxylation sites is 1. The number of carbonyl (C=O) groups is 1. The van der Waals surface area contributed by atoms with E-state index >= 15 is 0 Å². The molecule has 0 N–H and O–H groups in total. The maximum Gasteiger partial charge on any atom is 0.331 e. The highest BCUT2D eigenvalue weighted by Gasteiger charge is 2.13. The largest absolute Gasteiger partial charge is 0.496 e. The minimum atomic E-state index is -0.378. The van der Waals surface area contributed by atoms with Crippen molar-refractivity contribution in [2.45, 2.75) is 13.0 Å². The van der Waals surface area contributed by atoms with Crippen molar-refractivity contribution in [1.29, 1.82) is 0 Å². The number of rotatable bonds is 5. The summed E-state index contributed by atoms with van der Waals surface area (Å²) in [6.45, 7) is 1.83. The first-order chi connectivity index (χ1) is 10.2. The topological polar surface area (TPSA) is 35.5 Å². The molecule has 0 bridgehead atoms. The molecule has 108 valence electrons. The Morgan fingerprint density at radius 2 is 1.71 bits per heavy atom. The van der Waals surface area contributed by atoms with Gasteiger partial charge in [-0.05, 0) is 24.6 Å². The Kier molecular flexibility index (Phi) is 5.16. The number of esters is 1. The summed E-state index contributed by atoms with van der Waals surface area (Å²) in [4.78, 5) is 11.8. The van der Waals surface area contributed by atoms with Crippen molar-refractivity contribution in [2.75, 3.05) is 7.11 Å². The van der Waals surface area contributed by atoms with Gasteiger partial charge in [0.15, 0.2) is 0 Å². The van der Waals surface area contributed by atoms with E-state index in [0.717, 1.165) is 11.1 Å². The number of methoxy groups -OCH3 is 1. The van der Waals surface area contributed by atoms with Crippen LogP contribution in [0.3, 0.4) is 0 Å². The first kappa shape index (κ1) is 14.9. The molecule has 3 nitrogen and oxygen atoms in total. The predicted octanol–water partition coefficient (Wildman–Crippen LogP) is 4.01. The molecule has 0 saturated carbocycles. The number of hydrogen-bond acceptors (Lipinski definition) is 3. The Morgan fingerprint density at radius 3 is 2.43 bits per heavy atom. The molecule has 0 spiro atoms. The van der Waals surface area contributed by atoms with E-state index in [0.29, 0.717) is 5.75 Å². The summed E-state index contributed by atoms with van der Waals surface area (Å²) in [5, 5.41) is 0. The van der Waals surface area contributed by atoms with Crippen LogP contribution in [0, 0.1) is 0 Å². The zero-order valence-corrected chi connectivity index (χ0v) is 12.2. The molecular formula is C18H18O3. The third-order valence-electron chi connectivity index (χ3n) is 3.08. The van der Waals surface area contributed by atoms with Gasteiger partial charge in [0, 0.05) is 11.6 Å². The molecule has 0 aliphatic heterocycles. The van der Waals surface area contributed by atoms with Gasteiger partial charge in [-0.3, -0.25) is 0 Å². The van der Waals surface area contributed by atoms with E-state index in [-0.39, 0.29) is 12.1 Å². The fourth-order valence-electron chi connectivity index (χ4n) is 2.01. The van der Waals surface area contributed by atoms with E-state index in [1.807, 2.05) is 61.5 Å². The number of benzene rings is 2. The van der Waals surface area contributed by atoms with Crippen LogP contribution >= 0.6 is 0 Å². The molecule has 0 aromatic heterocycles. The smallest absolute Gasteiger partial charge is 0.331 e. The summed E-state index contributed by atoms with van der Waals surface area (Å²) in [6, 6.07) is 17.1. The van der Waals surface area contributed by atoms with Gasteiger partial charge in [0.05, 0.1) is 7.11 Å². The molecule has 0 heterocycles. The van der Waals surface area contributed by atoms with Gasteiger partial charge < -0.3 is 9.47 Å². The third-order valence-corrected chi connectivity index (χ3v) is 3.08. The quantitative estimate of drug-likeness (QED) is 0.614. The third kappa shape index (κ3) is 4.21. The van der Waals surface area contributed by atoms with E-state index in [4.69, 9.17) is 9.47 Å². The standard InChI is InChI=1S/C18H18O3/c1-14(16-10-6-7-11-17(16)20-2)21-18(19)13-12-15-8-4-3-5-9-15/h3-14H,1-2H3/b13-12+/t14-/m0/s1. The van der Waals surface area contributed by atoms with Crippen LogP contribution in [0.25, 0.3) is 6.08 Å². The summed E-state index contributed by atoms with van der Waals surface area (Å²) in [5.41, 5.74) is 1.81. The van der Waals surface area contributed by atoms with Crippen LogP contribution in [-0.4, -0.2) is 13.1 Å². The molecule has 3 heteroatoms. The summed E-state index contributed by atoms with van der Waals surface area (Å²) in [5.74, 6) is 0.335. The van der Waals surface area contributed by atoms with Crippen molar-refractivity contribution < 1.29 is 14.3 Å². The lowest BCUT2D eigenvalue weighted by atomic mass is 10.1. The molecule has 2 aromatic rings. The Labute approximate surface area is 124 Å². The van der Waals surface area contributed by atoms with Crippen LogP contribution < -0.4 is 4.74 Å². The average molecular weight is 282 g/mol. The van der Waals surface area contributed by atoms with E-state index in [2.05, 4.69) is 0 Å². The van der Waals surface area contributed by atoms with Gasteiger partial charge in [0.1, 0.15) is 11.9 Å². The monoisotopic (exact) mass is 282 g/mol. The van der Waals surface area contributed by atoms with Gasteiger partial charge in [-0.2, -0.15) is 0 Å². The molecule has 0 saturated heterocycles. The lowest BCUT2D eigenvalue weighted by Crippen LogP contribution is -2.07. The molecule has 21 heavy (non-hydrogen) atoms. The van der Waals surface area contributed by atoms with Gasteiger partial charge in [-0.15, -0.1) is 0 Å². The summed E-state index contributed by atoms with van der Waals surface area (Å²) in [7, 11) is 1.60. The Bertz CT molecular complexity index is 617. The molecule has 2 aromatic carbocycles. The number of carbonyl (C=O) groups excluding carboxylic acids is 1. The van der Waals surface area contributed by atoms with Crippen molar-refractivity contribution in [2.24, 2.45) is 0 Å². The van der Waals surface area contributed by atoms with Crippen molar-refractivity contribution in [3.8, 4) is 5.75 Å². The van der Waals surface area contributed by atoms with Crippen LogP contribution in [0.1, 0.15) is 24.2 Å². The predicted molar refractivity (Wildman–Crippen MR) is 83.0 cm³/mol. The first-order valence-electron chi connectivity index (χ1n) is 6.77. The molecule has 0 aliphatic rings. The second-order valence-corrected chi connectivity index (χ2v) is 4.57. The summed E-state index contributed by atoms with van der Waals surface area (Å²) in [6.07, 6.45) is 2.80. The lowest BCUT2D eigenvalue weighted by Gasteiger charge is -2.15. The highest BCUT2D eigenvalue weighted by Crippen LogP contribution is 2.27. The molecule has 0 amide bonds. The average Bonchev–Trinajstić information content (AvgIpc) is 2.53. The number of ether oxygens (including phenoxy) is 2. The highest BCUT2D eigenvalue weighted by molar-refractivity contribution is 5.87. The van der Waals surface area contributed by atoms with Crippen LogP contribution in [0.4, 0.5) is 0 Å². The first-order valence-corrected chi connectivity index (χ1v) is 6.77. The Balaban J connectivity index is 2.01. The SMILES string of the molecule is COc1ccccc1[C@H](C)OC(=O)/C=C/c1ccccc1. The molecular weight excluding hydrogens is 264 g/mol. The van der Waals surface area contributed by atoms with Gasteiger partial charge in [0.25, 0.3) is 0 Å². The van der Waals surface area contributed by atoms with Gasteiger partial charge in [-0.1, -0.05) is 48.5 Å². The van der Waals surface area contributed by atoms with Crippen LogP contribution in [0.2, 0.25) is 0 Å². The minimum Gasteiger partial charge on any atom is -0.496 e. The lowest BCUT2D eigenvalue weighted by molar-refractivity contribution is -0.142. The second-order valence-electron chi connectivity index (χ2n) is 4.57. The summed E-state index contributed by atoms with van der Waals surface area (Å²) >= 11 is 0. The van der Waals surface area contributed by atoms with Crippen molar-refractivity contribution in [3.63, 3.8) is 0 Å². The van der Waals surface area contributed by atoms with Gasteiger partial charge in [-0.25, -0.2) is 4.79 Å². The maximum atomic E-state index is 11.8. The van der Waals surface area contributed by atoms with Gasteiger partial charge >= 0.3 is 5.97 Å². The minimum absolute atomic E-state index is 0.367. The normalized spacial score (nSPS) is 12.1. The van der Waals surface area contributed by atoms with Crippen LogP contribution in [0.15, 0.2) is 60.7 Å². The number of hydrogen-bond donors (Lipinski definition) is 0. The Morgan fingerprint density at radius 1 is 1.05 bits per heavy atom. The van der Waals surface area contributed by atoms with Crippen molar-refractivity contribution in [1.82, 2.24) is 0 Å². The zero-order chi connectivity index (χ0) is 15.1. The molecule has 0 radical (unpaired) electrons. The molecule has 0 unspecified atom stereocenters. The highest BCUT2D eigenvalue weighted by atomic mass is 16.5. The van der Waals surface area contributed by atoms with Gasteiger partial charge in [0.2, 0.25) is 0 Å². The van der Waals surface area contributed by atoms with Crippen molar-refractivity contribution >= 4 is 12.0 Å². The fraction of sp³-hybridized carbons (Fsp3) is 0.167. The van der Waals surface area contributed by atoms with E-state index < -0.39 is 0 Å². The zero-order valence-electron chi connectivity index (χ0n) is 12.2. The van der Waals surface area contributed by atoms with Crippen LogP contribution in [-0.2, 0) is 9.53 Å². The fourth-order valence-corrected chi connectivity index (χ4v) is 2.01. The molecule has 1 atom stereocenters. The second kappa shape index (κ2) is 7.29. The summed E-state index contributed by atoms with van der Waals surface area (Å²) < 4.78 is 10.7. The molecule has 2 rings (SSSR count). The van der Waals surface area contributed by atoms with E-state index in [1.54, 1.807) is 13.2 Å². The molecule has 0 fully saturated rings. The van der Waals surface area contributed by atoms with E-state index in [1.165, 1.54) is 6.08 Å².